The van der Waals surface area contributed by atoms with Gasteiger partial charge in [0.05, 0.1) is 0 Å². The largest absolute Gasteiger partial charge is 0.447 e. The Balaban J connectivity index is 4.50. The van der Waals surface area contributed by atoms with Crippen molar-refractivity contribution in [3.8, 4) is 12.0 Å². The fourth-order valence-corrected chi connectivity index (χ4v) is 0.361. The molecule has 0 saturated heterocycles. The Morgan fingerprint density at radius 2 is 1.62 bits per heavy atom. The van der Waals surface area contributed by atoms with Crippen molar-refractivity contribution in [2.75, 3.05) is 0 Å². The third-order valence-electron chi connectivity index (χ3n) is 0.872. The van der Waals surface area contributed by atoms with Crippen molar-refractivity contribution in [3.63, 3.8) is 0 Å². The van der Waals surface area contributed by atoms with Crippen LogP contribution >= 0.6 is 0 Å². The molecule has 1 atom stereocenters. The van der Waals surface area contributed by atoms with E-state index in [1.165, 1.54) is 6.11 Å². The van der Waals surface area contributed by atoms with Crippen molar-refractivity contribution in [2.24, 2.45) is 0 Å². The van der Waals surface area contributed by atoms with Gasteiger partial charge in [-0.25, -0.2) is 4.39 Å². The number of hydrogen-bond acceptors (Lipinski definition) is 1. The topological polar surface area (TPSA) is 9.23 Å². The summed E-state index contributed by atoms with van der Waals surface area (Å²) < 4.78 is 73.3. The molecule has 7 heteroatoms. The van der Waals surface area contributed by atoms with Gasteiger partial charge in [-0.2, -0.15) is 22.0 Å². The summed E-state index contributed by atoms with van der Waals surface area (Å²) in [6, 6.07) is 0. The van der Waals surface area contributed by atoms with Gasteiger partial charge in [0.2, 0.25) is 0 Å². The van der Waals surface area contributed by atoms with E-state index in [-0.39, 0.29) is 0 Å². The molecule has 0 aromatic rings. The molecule has 0 aliphatic rings. The van der Waals surface area contributed by atoms with Crippen LogP contribution in [-0.2, 0) is 4.74 Å². The zero-order valence-electron chi connectivity index (χ0n) is 6.25. The van der Waals surface area contributed by atoms with E-state index in [0.29, 0.717) is 0 Å². The van der Waals surface area contributed by atoms with Gasteiger partial charge in [0.25, 0.3) is 6.17 Å². The molecular formula is C6H4F6O. The predicted molar refractivity (Wildman–Crippen MR) is 30.4 cm³/mol. The smallest absolute Gasteiger partial charge is 0.377 e. The van der Waals surface area contributed by atoms with Gasteiger partial charge < -0.3 is 4.74 Å². The summed E-state index contributed by atoms with van der Waals surface area (Å²) in [6.07, 6.45) is -13.8. The van der Waals surface area contributed by atoms with Crippen LogP contribution in [0.4, 0.5) is 26.3 Å². The highest BCUT2D eigenvalue weighted by molar-refractivity contribution is 4.88. The molecular weight excluding hydrogens is 202 g/mol. The molecule has 0 fully saturated rings. The van der Waals surface area contributed by atoms with Gasteiger partial charge in [-0.3, -0.25) is 0 Å². The average Bonchev–Trinajstić information content (AvgIpc) is 1.98. The Morgan fingerprint density at radius 1 is 1.15 bits per heavy atom. The van der Waals surface area contributed by atoms with Crippen LogP contribution in [0.25, 0.3) is 0 Å². The molecule has 0 aromatic heterocycles. The highest BCUT2D eigenvalue weighted by atomic mass is 19.4. The van der Waals surface area contributed by atoms with Crippen LogP contribution in [0.1, 0.15) is 6.92 Å². The van der Waals surface area contributed by atoms with Crippen molar-refractivity contribution in [1.82, 2.24) is 0 Å². The standard InChI is InChI=1S/C6H4F6O/c1-2-3-13-6(11,12)4(7)5(8,9)10/h4H,1H3. The Morgan fingerprint density at radius 3 is 1.92 bits per heavy atom. The maximum Gasteiger partial charge on any atom is 0.447 e. The number of rotatable bonds is 2. The first kappa shape index (κ1) is 11.9. The summed E-state index contributed by atoms with van der Waals surface area (Å²) in [6.45, 7) is 1.05. The minimum Gasteiger partial charge on any atom is -0.377 e. The lowest BCUT2D eigenvalue weighted by Gasteiger charge is -2.19. The average molecular weight is 206 g/mol. The zero-order chi connectivity index (χ0) is 10.7. The summed E-state index contributed by atoms with van der Waals surface area (Å²) in [5.41, 5.74) is 0. The number of alkyl halides is 6. The zero-order valence-corrected chi connectivity index (χ0v) is 6.25. The van der Waals surface area contributed by atoms with Gasteiger partial charge in [0.15, 0.2) is 0 Å². The first-order valence-corrected chi connectivity index (χ1v) is 2.90. The van der Waals surface area contributed by atoms with Crippen LogP contribution in [0.3, 0.4) is 0 Å². The fourth-order valence-electron chi connectivity index (χ4n) is 0.361. The van der Waals surface area contributed by atoms with E-state index < -0.39 is 18.5 Å². The molecule has 1 unspecified atom stereocenters. The SMILES string of the molecule is CC#COC(F)(F)C(F)C(F)(F)F. The summed E-state index contributed by atoms with van der Waals surface area (Å²) in [7, 11) is 0. The molecule has 0 aliphatic carbocycles. The highest BCUT2D eigenvalue weighted by Crippen LogP contribution is 2.35. The molecule has 0 amide bonds. The molecule has 0 N–H and O–H groups in total. The first-order valence-electron chi connectivity index (χ1n) is 2.90. The molecule has 13 heavy (non-hydrogen) atoms. The van der Waals surface area contributed by atoms with Crippen LogP contribution in [0.5, 0.6) is 0 Å². The molecule has 1 nitrogen and oxygen atoms in total. The monoisotopic (exact) mass is 206 g/mol. The van der Waals surface area contributed by atoms with E-state index in [4.69, 9.17) is 0 Å². The van der Waals surface area contributed by atoms with Gasteiger partial charge in [0, 0.05) is 6.92 Å². The van der Waals surface area contributed by atoms with Gasteiger partial charge in [-0.05, 0) is 0 Å². The second-order valence-corrected chi connectivity index (χ2v) is 1.92. The molecule has 0 rings (SSSR count). The summed E-state index contributed by atoms with van der Waals surface area (Å²) in [5.74, 6) is 1.74. The van der Waals surface area contributed by atoms with E-state index in [1.807, 2.05) is 0 Å². The Bertz CT molecular complexity index is 222. The Hall–Kier alpha value is -1.06. The van der Waals surface area contributed by atoms with Crippen LogP contribution in [-0.4, -0.2) is 18.5 Å². The summed E-state index contributed by atoms with van der Waals surface area (Å²) in [5, 5.41) is 0. The van der Waals surface area contributed by atoms with E-state index in [2.05, 4.69) is 4.74 Å². The molecule has 0 saturated carbocycles. The number of hydrogen-bond donors (Lipinski definition) is 0. The molecule has 0 aromatic carbocycles. The lowest BCUT2D eigenvalue weighted by Crippen LogP contribution is -2.42. The van der Waals surface area contributed by atoms with Gasteiger partial charge in [-0.1, -0.05) is 5.92 Å². The van der Waals surface area contributed by atoms with Crippen LogP contribution in [0.2, 0.25) is 0 Å². The van der Waals surface area contributed by atoms with Gasteiger partial charge in [0.1, 0.15) is 6.11 Å². The maximum atomic E-state index is 12.1. The molecule has 0 heterocycles. The van der Waals surface area contributed by atoms with Crippen molar-refractivity contribution >= 4 is 0 Å². The second kappa shape index (κ2) is 3.77. The highest BCUT2D eigenvalue weighted by Gasteiger charge is 2.59. The summed E-state index contributed by atoms with van der Waals surface area (Å²) in [4.78, 5) is 0. The van der Waals surface area contributed by atoms with Crippen molar-refractivity contribution < 1.29 is 31.1 Å². The normalized spacial score (nSPS) is 14.4. The third kappa shape index (κ3) is 3.44. The van der Waals surface area contributed by atoms with E-state index >= 15 is 0 Å². The van der Waals surface area contributed by atoms with E-state index in [0.717, 1.165) is 6.92 Å². The maximum absolute atomic E-state index is 12.1. The number of ether oxygens (including phenoxy) is 1. The van der Waals surface area contributed by atoms with Gasteiger partial charge in [-0.15, -0.1) is 0 Å². The van der Waals surface area contributed by atoms with E-state index in [9.17, 15) is 26.3 Å². The Kier molecular flexibility index (Phi) is 3.46. The van der Waals surface area contributed by atoms with Crippen LogP contribution < -0.4 is 0 Å². The molecule has 76 valence electrons. The predicted octanol–water partition coefficient (Wildman–Crippen LogP) is 2.48. The molecule has 0 bridgehead atoms. The lowest BCUT2D eigenvalue weighted by atomic mass is 10.3. The van der Waals surface area contributed by atoms with E-state index in [1.54, 1.807) is 5.92 Å². The second-order valence-electron chi connectivity index (χ2n) is 1.92. The Labute approximate surface area is 69.7 Å². The lowest BCUT2D eigenvalue weighted by molar-refractivity contribution is -0.314. The van der Waals surface area contributed by atoms with Crippen molar-refractivity contribution in [3.05, 3.63) is 0 Å². The van der Waals surface area contributed by atoms with Crippen molar-refractivity contribution in [1.29, 1.82) is 0 Å². The minimum atomic E-state index is -5.67. The number of halogens is 6. The van der Waals surface area contributed by atoms with Crippen LogP contribution in [0.15, 0.2) is 0 Å². The van der Waals surface area contributed by atoms with Crippen LogP contribution in [0, 0.1) is 12.0 Å². The molecule has 0 spiro atoms. The molecule has 0 aliphatic heterocycles. The third-order valence-corrected chi connectivity index (χ3v) is 0.872. The molecule has 0 radical (unpaired) electrons. The fraction of sp³-hybridized carbons (Fsp3) is 0.667. The summed E-state index contributed by atoms with van der Waals surface area (Å²) >= 11 is 0. The van der Waals surface area contributed by atoms with Crippen molar-refractivity contribution in [2.45, 2.75) is 25.4 Å². The minimum absolute atomic E-state index is 1.05. The first-order chi connectivity index (χ1) is 5.72. The van der Waals surface area contributed by atoms with Gasteiger partial charge >= 0.3 is 12.3 Å². The quantitative estimate of drug-likeness (QED) is 0.498.